The molecule has 0 bridgehead atoms. The minimum absolute atomic E-state index is 0.100. The van der Waals surface area contributed by atoms with Crippen LogP contribution < -0.4 is 11.5 Å². The summed E-state index contributed by atoms with van der Waals surface area (Å²) in [6, 6.07) is 9.56. The molecule has 10 nitrogen and oxygen atoms in total. The van der Waals surface area contributed by atoms with Crippen molar-refractivity contribution in [2.45, 2.75) is 13.5 Å². The molecule has 1 spiro atoms. The van der Waals surface area contributed by atoms with Crippen LogP contribution in [0.5, 0.6) is 0 Å². The third kappa shape index (κ3) is 2.94. The molecular formula is C21H22N8O2. The molecule has 0 aliphatic carbocycles. The summed E-state index contributed by atoms with van der Waals surface area (Å²) in [7, 11) is 0. The monoisotopic (exact) mass is 418 g/mol. The lowest BCUT2D eigenvalue weighted by Gasteiger charge is -2.55. The molecule has 6 heterocycles. The van der Waals surface area contributed by atoms with Crippen molar-refractivity contribution in [2.75, 3.05) is 37.8 Å². The van der Waals surface area contributed by atoms with E-state index in [1.165, 1.54) is 0 Å². The average molecular weight is 418 g/mol. The zero-order chi connectivity index (χ0) is 21.2. The van der Waals surface area contributed by atoms with Crippen LogP contribution in [0, 0.1) is 12.3 Å². The number of hydrogen-bond donors (Lipinski definition) is 2. The lowest BCUT2D eigenvalue weighted by Crippen LogP contribution is -2.65. The molecule has 0 saturated carbocycles. The lowest BCUT2D eigenvalue weighted by atomic mass is 9.78. The van der Waals surface area contributed by atoms with Crippen molar-refractivity contribution in [3.8, 4) is 23.0 Å². The Morgan fingerprint density at radius 1 is 1.06 bits per heavy atom. The van der Waals surface area contributed by atoms with Crippen molar-refractivity contribution in [2.24, 2.45) is 5.41 Å². The zero-order valence-electron chi connectivity index (χ0n) is 17.1. The molecule has 2 aliphatic rings. The highest BCUT2D eigenvalue weighted by Crippen LogP contribution is 2.38. The molecule has 2 aliphatic heterocycles. The molecule has 0 atom stereocenters. The van der Waals surface area contributed by atoms with Gasteiger partial charge in [0.2, 0.25) is 11.8 Å². The summed E-state index contributed by atoms with van der Waals surface area (Å²) in [5.41, 5.74) is 15.7. The van der Waals surface area contributed by atoms with Gasteiger partial charge in [0.25, 0.3) is 0 Å². The Hall–Kier alpha value is -3.50. The van der Waals surface area contributed by atoms with Crippen molar-refractivity contribution in [1.29, 1.82) is 0 Å². The third-order valence-corrected chi connectivity index (χ3v) is 5.87. The fourth-order valence-electron chi connectivity index (χ4n) is 4.39. The molecule has 10 heteroatoms. The highest BCUT2D eigenvalue weighted by Gasteiger charge is 2.48. The summed E-state index contributed by atoms with van der Waals surface area (Å²) >= 11 is 0. The van der Waals surface area contributed by atoms with Gasteiger partial charge in [0.15, 0.2) is 11.4 Å². The topological polar surface area (TPSA) is 134 Å². The van der Waals surface area contributed by atoms with Gasteiger partial charge in [-0.3, -0.25) is 4.90 Å². The van der Waals surface area contributed by atoms with Crippen LogP contribution in [-0.2, 0) is 11.3 Å². The molecule has 0 unspecified atom stereocenters. The molecule has 4 aromatic heterocycles. The van der Waals surface area contributed by atoms with Gasteiger partial charge in [-0.25, -0.2) is 4.98 Å². The minimum atomic E-state index is 0.100. The summed E-state index contributed by atoms with van der Waals surface area (Å²) < 4.78 is 12.6. The predicted molar refractivity (Wildman–Crippen MR) is 114 cm³/mol. The number of aromatic nitrogens is 5. The lowest BCUT2D eigenvalue weighted by molar-refractivity contribution is -0.191. The van der Waals surface area contributed by atoms with Crippen LogP contribution in [0.25, 0.3) is 28.6 Å². The number of hydrogen-bond acceptors (Lipinski definition) is 9. The maximum atomic E-state index is 6.42. The molecular weight excluding hydrogens is 396 g/mol. The number of pyridine rings is 1. The summed E-state index contributed by atoms with van der Waals surface area (Å²) in [5, 5.41) is 4.67. The van der Waals surface area contributed by atoms with Gasteiger partial charge < -0.3 is 20.6 Å². The van der Waals surface area contributed by atoms with Crippen molar-refractivity contribution in [3.05, 3.63) is 41.8 Å². The quantitative estimate of drug-likeness (QED) is 0.508. The van der Waals surface area contributed by atoms with Gasteiger partial charge in [-0.15, -0.1) is 0 Å². The highest BCUT2D eigenvalue weighted by molar-refractivity contribution is 5.83. The van der Waals surface area contributed by atoms with Crippen LogP contribution in [-0.4, -0.2) is 55.8 Å². The molecule has 0 amide bonds. The first-order valence-electron chi connectivity index (χ1n) is 10.1. The summed E-state index contributed by atoms with van der Waals surface area (Å²) in [6.07, 6.45) is 0. The maximum Gasteiger partial charge on any atom is 0.224 e. The standard InChI is InChI=1S/C21H22N8O2/c1-12-5-6-15(31-12)18-25-20(23)26-19-16(22)17(27-29(18)19)14-4-2-3-13(24-14)7-28-8-21(9-28)10-30-11-21/h2-6H,7-11,22H2,1H3,(H2,23,26). The number of nitrogen functional groups attached to an aromatic ring is 2. The molecule has 4 N–H and O–H groups in total. The van der Waals surface area contributed by atoms with E-state index < -0.39 is 0 Å². The van der Waals surface area contributed by atoms with Crippen LogP contribution >= 0.6 is 0 Å². The van der Waals surface area contributed by atoms with Crippen LogP contribution in [0.1, 0.15) is 11.5 Å². The molecule has 4 aromatic rings. The second-order valence-electron chi connectivity index (χ2n) is 8.47. The fraction of sp³-hybridized carbons (Fsp3) is 0.333. The van der Waals surface area contributed by atoms with E-state index in [0.717, 1.165) is 44.3 Å². The van der Waals surface area contributed by atoms with Crippen LogP contribution in [0.4, 0.5) is 11.6 Å². The van der Waals surface area contributed by atoms with Gasteiger partial charge in [-0.2, -0.15) is 19.6 Å². The molecule has 6 rings (SSSR count). The third-order valence-electron chi connectivity index (χ3n) is 5.87. The first kappa shape index (κ1) is 18.3. The SMILES string of the molecule is Cc1ccc(-c2nc(N)nc3c(N)c(-c4cccc(CN5CC6(COC6)C5)n4)nn23)o1. The smallest absolute Gasteiger partial charge is 0.224 e. The van der Waals surface area contributed by atoms with Gasteiger partial charge in [0, 0.05) is 25.0 Å². The van der Waals surface area contributed by atoms with E-state index in [4.69, 9.17) is 25.6 Å². The second-order valence-corrected chi connectivity index (χ2v) is 8.47. The van der Waals surface area contributed by atoms with Crippen molar-refractivity contribution in [1.82, 2.24) is 29.5 Å². The number of nitrogens with zero attached hydrogens (tertiary/aromatic N) is 6. The van der Waals surface area contributed by atoms with E-state index >= 15 is 0 Å². The normalized spacial score (nSPS) is 17.7. The minimum Gasteiger partial charge on any atom is -0.458 e. The van der Waals surface area contributed by atoms with Gasteiger partial charge in [-0.05, 0) is 31.2 Å². The van der Waals surface area contributed by atoms with Gasteiger partial charge in [-0.1, -0.05) is 6.07 Å². The van der Waals surface area contributed by atoms with Crippen LogP contribution in [0.15, 0.2) is 34.7 Å². The molecule has 2 saturated heterocycles. The molecule has 31 heavy (non-hydrogen) atoms. The Balaban J connectivity index is 1.36. The van der Waals surface area contributed by atoms with E-state index in [-0.39, 0.29) is 5.95 Å². The first-order valence-corrected chi connectivity index (χ1v) is 10.1. The Bertz CT molecular complexity index is 1300. The summed E-state index contributed by atoms with van der Waals surface area (Å²) in [6.45, 7) is 6.49. The number of anilines is 2. The molecule has 0 radical (unpaired) electrons. The van der Waals surface area contributed by atoms with Crippen molar-refractivity contribution in [3.63, 3.8) is 0 Å². The number of likely N-dealkylation sites (tertiary alicyclic amines) is 1. The van der Waals surface area contributed by atoms with Crippen LogP contribution in [0.3, 0.4) is 0 Å². The average Bonchev–Trinajstić information content (AvgIpc) is 3.26. The van der Waals surface area contributed by atoms with E-state index in [1.807, 2.05) is 37.3 Å². The van der Waals surface area contributed by atoms with E-state index in [2.05, 4.69) is 20.0 Å². The van der Waals surface area contributed by atoms with Gasteiger partial charge in [0.1, 0.15) is 17.1 Å². The van der Waals surface area contributed by atoms with Gasteiger partial charge in [0.05, 0.1) is 24.6 Å². The summed E-state index contributed by atoms with van der Waals surface area (Å²) in [4.78, 5) is 15.8. The summed E-state index contributed by atoms with van der Waals surface area (Å²) in [5.74, 6) is 1.84. The number of ether oxygens (including phenoxy) is 1. The fourth-order valence-corrected chi connectivity index (χ4v) is 4.39. The number of nitrogens with two attached hydrogens (primary N) is 2. The largest absolute Gasteiger partial charge is 0.458 e. The first-order chi connectivity index (χ1) is 15.0. The van der Waals surface area contributed by atoms with Crippen molar-refractivity contribution >= 4 is 17.3 Å². The number of aryl methyl sites for hydroxylation is 1. The molecule has 2 fully saturated rings. The van der Waals surface area contributed by atoms with E-state index in [0.29, 0.717) is 39.7 Å². The number of furan rings is 1. The Kier molecular flexibility index (Phi) is 3.83. The van der Waals surface area contributed by atoms with Gasteiger partial charge >= 0.3 is 0 Å². The Morgan fingerprint density at radius 3 is 2.61 bits per heavy atom. The molecule has 0 aromatic carbocycles. The van der Waals surface area contributed by atoms with Crippen molar-refractivity contribution < 1.29 is 9.15 Å². The second kappa shape index (κ2) is 6.50. The van der Waals surface area contributed by atoms with E-state index in [1.54, 1.807) is 4.52 Å². The maximum absolute atomic E-state index is 6.42. The number of fused-ring (bicyclic) bond motifs is 1. The molecule has 158 valence electrons. The van der Waals surface area contributed by atoms with Crippen LogP contribution in [0.2, 0.25) is 0 Å². The Labute approximate surface area is 177 Å². The number of rotatable bonds is 4. The van der Waals surface area contributed by atoms with E-state index in [9.17, 15) is 0 Å². The Morgan fingerprint density at radius 2 is 1.90 bits per heavy atom. The highest BCUT2D eigenvalue weighted by atomic mass is 16.5. The zero-order valence-corrected chi connectivity index (χ0v) is 17.1. The predicted octanol–water partition coefficient (Wildman–Crippen LogP) is 1.75.